The number of hydrogen-bond acceptors (Lipinski definition) is 2. The molecule has 2 heterocycles. The molecule has 2 rings (SSSR count). The minimum Gasteiger partial charge on any atom is -0.272 e. The molecule has 0 aromatic carbocycles. The molecule has 1 amide bonds. The molecule has 162 valence electrons. The van der Waals surface area contributed by atoms with Crippen LogP contribution in [0.15, 0.2) is 0 Å². The minimum absolute atomic E-state index is 0.429. The first-order valence-corrected chi connectivity index (χ1v) is 12.4. The van der Waals surface area contributed by atoms with E-state index in [9.17, 15) is 4.79 Å². The summed E-state index contributed by atoms with van der Waals surface area (Å²) < 4.78 is 2.56. The third-order valence-electron chi connectivity index (χ3n) is 6.56. The van der Waals surface area contributed by atoms with E-state index < -0.39 is 0 Å². The normalized spacial score (nSPS) is 21.9. The van der Waals surface area contributed by atoms with E-state index in [2.05, 4.69) is 13.1 Å². The van der Waals surface area contributed by atoms with E-state index >= 15 is 0 Å². The van der Waals surface area contributed by atoms with Crippen LogP contribution in [0.25, 0.3) is 0 Å². The molecule has 4 nitrogen and oxygen atoms in total. The number of nitrogens with zero attached hydrogens (tertiary/aromatic N) is 2. The SMILES string of the molecule is CCCCCCCCCCCCCCCC[N+]1(C[N+]2=CCCO2)CCCC1=O. The van der Waals surface area contributed by atoms with E-state index in [1.807, 2.05) is 4.74 Å². The van der Waals surface area contributed by atoms with Crippen molar-refractivity contribution in [1.29, 1.82) is 0 Å². The number of hydrogen-bond donors (Lipinski definition) is 0. The lowest BCUT2D eigenvalue weighted by molar-refractivity contribution is -0.984. The first-order valence-electron chi connectivity index (χ1n) is 12.4. The number of hydroxylamine groups is 1. The second-order valence-corrected chi connectivity index (χ2v) is 9.05. The molecule has 1 saturated heterocycles. The standard InChI is InChI=1S/C24H46N2O2/c1-2-3-4-5-6-7-8-9-10-11-12-13-14-15-20-26(21-16-18-24(26)27)23-25-19-17-22-28-25/h19H,2-18,20-23H2,1H3/q+2. The second-order valence-electron chi connectivity index (χ2n) is 9.05. The molecule has 0 saturated carbocycles. The highest BCUT2D eigenvalue weighted by atomic mass is 16.7. The Bertz CT molecular complexity index is 464. The number of amides is 1. The third kappa shape index (κ3) is 8.63. The molecule has 0 aliphatic carbocycles. The van der Waals surface area contributed by atoms with Crippen molar-refractivity contribution in [1.82, 2.24) is 0 Å². The van der Waals surface area contributed by atoms with Crippen LogP contribution in [0.4, 0.5) is 0 Å². The lowest BCUT2D eigenvalue weighted by atomic mass is 10.0. The summed E-state index contributed by atoms with van der Waals surface area (Å²) in [6.07, 6.45) is 24.2. The van der Waals surface area contributed by atoms with Crippen LogP contribution in [-0.2, 0) is 9.63 Å². The molecule has 28 heavy (non-hydrogen) atoms. The van der Waals surface area contributed by atoms with Crippen molar-refractivity contribution >= 4 is 12.1 Å². The smallest absolute Gasteiger partial charge is 0.272 e. The maximum Gasteiger partial charge on any atom is 0.324 e. The van der Waals surface area contributed by atoms with Gasteiger partial charge in [-0.2, -0.15) is 0 Å². The average molecular weight is 395 g/mol. The van der Waals surface area contributed by atoms with E-state index in [0.717, 1.165) is 45.6 Å². The Labute approximate surface area is 173 Å². The summed E-state index contributed by atoms with van der Waals surface area (Å²) in [5.41, 5.74) is 0. The van der Waals surface area contributed by atoms with Crippen LogP contribution in [0.3, 0.4) is 0 Å². The summed E-state index contributed by atoms with van der Waals surface area (Å²) in [6.45, 7) is 5.80. The van der Waals surface area contributed by atoms with Gasteiger partial charge in [-0.1, -0.05) is 84.0 Å². The Hall–Kier alpha value is -0.900. The number of carbonyl (C=O) groups is 1. The molecule has 1 fully saturated rings. The number of likely N-dealkylation sites (tertiary alicyclic amines) is 1. The van der Waals surface area contributed by atoms with Crippen LogP contribution < -0.4 is 0 Å². The second kappa shape index (κ2) is 14.1. The van der Waals surface area contributed by atoms with Crippen LogP contribution in [0.1, 0.15) is 116 Å². The Kier molecular flexibility index (Phi) is 11.8. The molecule has 4 heteroatoms. The zero-order valence-electron chi connectivity index (χ0n) is 18.6. The van der Waals surface area contributed by atoms with Gasteiger partial charge in [0.15, 0.2) is 6.61 Å². The maximum absolute atomic E-state index is 12.5. The molecular formula is C24H46N2O2+2. The van der Waals surface area contributed by atoms with E-state index in [1.165, 1.54) is 89.9 Å². The van der Waals surface area contributed by atoms with Crippen molar-refractivity contribution in [3.05, 3.63) is 0 Å². The summed E-state index contributed by atoms with van der Waals surface area (Å²) in [5.74, 6) is 0.429. The van der Waals surface area contributed by atoms with Gasteiger partial charge in [-0.15, -0.1) is 0 Å². The summed E-state index contributed by atoms with van der Waals surface area (Å²) in [5, 5.41) is 0. The fourth-order valence-corrected chi connectivity index (χ4v) is 4.75. The van der Waals surface area contributed by atoms with Gasteiger partial charge in [-0.25, -0.2) is 9.28 Å². The van der Waals surface area contributed by atoms with Gasteiger partial charge in [0.05, 0.1) is 25.9 Å². The number of rotatable bonds is 17. The molecule has 0 spiro atoms. The summed E-state index contributed by atoms with van der Waals surface area (Å²) in [7, 11) is 0. The minimum atomic E-state index is 0.429. The quantitative estimate of drug-likeness (QED) is 0.172. The van der Waals surface area contributed by atoms with Crippen LogP contribution in [0.2, 0.25) is 0 Å². The van der Waals surface area contributed by atoms with Crippen LogP contribution in [0, 0.1) is 0 Å². The monoisotopic (exact) mass is 394 g/mol. The van der Waals surface area contributed by atoms with Crippen molar-refractivity contribution < 1.29 is 18.9 Å². The van der Waals surface area contributed by atoms with Gasteiger partial charge in [0.25, 0.3) is 0 Å². The van der Waals surface area contributed by atoms with Gasteiger partial charge in [-0.3, -0.25) is 4.84 Å². The van der Waals surface area contributed by atoms with Gasteiger partial charge in [0, 0.05) is 11.2 Å². The number of unbranched alkanes of at least 4 members (excludes halogenated alkanes) is 13. The molecule has 0 aromatic rings. The largest absolute Gasteiger partial charge is 0.324 e. The number of carbonyl (C=O) groups excluding carboxylic acids is 1. The van der Waals surface area contributed by atoms with Gasteiger partial charge in [0.2, 0.25) is 6.21 Å². The summed E-state index contributed by atoms with van der Waals surface area (Å²) in [6, 6.07) is 0. The highest BCUT2D eigenvalue weighted by molar-refractivity contribution is 5.70. The van der Waals surface area contributed by atoms with Crippen molar-refractivity contribution in [3.63, 3.8) is 0 Å². The fourth-order valence-electron chi connectivity index (χ4n) is 4.75. The highest BCUT2D eigenvalue weighted by Gasteiger charge is 2.45. The highest BCUT2D eigenvalue weighted by Crippen LogP contribution is 2.23. The van der Waals surface area contributed by atoms with Crippen molar-refractivity contribution in [3.8, 4) is 0 Å². The van der Waals surface area contributed by atoms with Gasteiger partial charge in [-0.05, 0) is 12.8 Å². The molecule has 0 radical (unpaired) electrons. The predicted octanol–water partition coefficient (Wildman–Crippen LogP) is 5.98. The van der Waals surface area contributed by atoms with E-state index in [0.29, 0.717) is 10.4 Å². The summed E-state index contributed by atoms with van der Waals surface area (Å²) >= 11 is 0. The van der Waals surface area contributed by atoms with Crippen molar-refractivity contribution in [2.45, 2.75) is 116 Å². The molecular weight excluding hydrogens is 348 g/mol. The topological polar surface area (TPSA) is 29.3 Å². The molecule has 2 aliphatic heterocycles. The van der Waals surface area contributed by atoms with Gasteiger partial charge < -0.3 is 0 Å². The van der Waals surface area contributed by atoms with E-state index in [-0.39, 0.29) is 0 Å². The van der Waals surface area contributed by atoms with Gasteiger partial charge in [0.1, 0.15) is 0 Å². The van der Waals surface area contributed by atoms with Crippen LogP contribution in [0.5, 0.6) is 0 Å². The molecule has 0 aromatic heterocycles. The Morgan fingerprint density at radius 2 is 1.46 bits per heavy atom. The zero-order valence-corrected chi connectivity index (χ0v) is 18.6. The molecule has 1 atom stereocenters. The maximum atomic E-state index is 12.5. The summed E-state index contributed by atoms with van der Waals surface area (Å²) in [4.78, 5) is 18.1. The average Bonchev–Trinajstić information content (AvgIpc) is 3.33. The Morgan fingerprint density at radius 3 is 1.93 bits per heavy atom. The zero-order chi connectivity index (χ0) is 19.9. The van der Waals surface area contributed by atoms with Gasteiger partial charge >= 0.3 is 12.6 Å². The Morgan fingerprint density at radius 1 is 0.893 bits per heavy atom. The number of quaternary nitrogens is 1. The first-order chi connectivity index (χ1) is 13.8. The van der Waals surface area contributed by atoms with Crippen molar-refractivity contribution in [2.24, 2.45) is 0 Å². The third-order valence-corrected chi connectivity index (χ3v) is 6.56. The molecule has 1 unspecified atom stereocenters. The lowest BCUT2D eigenvalue weighted by Crippen LogP contribution is -2.53. The molecule has 0 N–H and O–H groups in total. The predicted molar refractivity (Wildman–Crippen MR) is 116 cm³/mol. The first kappa shape index (κ1) is 23.4. The molecule has 2 aliphatic rings. The van der Waals surface area contributed by atoms with E-state index in [1.54, 1.807) is 0 Å². The van der Waals surface area contributed by atoms with Crippen LogP contribution in [-0.4, -0.2) is 47.7 Å². The Balaban J connectivity index is 1.45. The lowest BCUT2D eigenvalue weighted by Gasteiger charge is -2.27. The van der Waals surface area contributed by atoms with E-state index in [4.69, 9.17) is 4.84 Å². The van der Waals surface area contributed by atoms with Crippen LogP contribution >= 0.6 is 0 Å². The van der Waals surface area contributed by atoms with Crippen molar-refractivity contribution in [2.75, 3.05) is 26.4 Å². The fraction of sp³-hybridized carbons (Fsp3) is 0.917. The molecule has 0 bridgehead atoms.